The first-order chi connectivity index (χ1) is 15.8. The quantitative estimate of drug-likeness (QED) is 0.491. The maximum atomic E-state index is 13.5. The van der Waals surface area contributed by atoms with Gasteiger partial charge in [0.2, 0.25) is 5.91 Å². The Morgan fingerprint density at radius 3 is 2.42 bits per heavy atom. The van der Waals surface area contributed by atoms with Crippen LogP contribution in [0.1, 0.15) is 36.6 Å². The second kappa shape index (κ2) is 9.44. The summed E-state index contributed by atoms with van der Waals surface area (Å²) in [6.45, 7) is 0.814. The summed E-state index contributed by atoms with van der Waals surface area (Å²) in [4.78, 5) is 32.4. The SMILES string of the molecule is CC(F)(F)c1ccnc(CC(=O)Cc2ccc(Oc3ccnc(NC(=O)C4CC4)c3)cc2)c1. The van der Waals surface area contributed by atoms with Crippen LogP contribution in [-0.2, 0) is 28.4 Å². The summed E-state index contributed by atoms with van der Waals surface area (Å²) in [5.74, 6) is -1.52. The van der Waals surface area contributed by atoms with Crippen LogP contribution in [-0.4, -0.2) is 21.7 Å². The molecule has 0 saturated heterocycles. The molecule has 6 nitrogen and oxygen atoms in total. The van der Waals surface area contributed by atoms with Gasteiger partial charge in [-0.15, -0.1) is 0 Å². The van der Waals surface area contributed by atoms with Crippen molar-refractivity contribution in [3.05, 3.63) is 77.7 Å². The highest BCUT2D eigenvalue weighted by Crippen LogP contribution is 2.31. The molecule has 33 heavy (non-hydrogen) atoms. The minimum Gasteiger partial charge on any atom is -0.457 e. The molecule has 0 bridgehead atoms. The summed E-state index contributed by atoms with van der Waals surface area (Å²) in [6.07, 6.45) is 4.81. The Morgan fingerprint density at radius 2 is 1.73 bits per heavy atom. The van der Waals surface area contributed by atoms with Gasteiger partial charge < -0.3 is 10.1 Å². The molecule has 3 aromatic rings. The Balaban J connectivity index is 1.33. The van der Waals surface area contributed by atoms with Gasteiger partial charge in [0.05, 0.1) is 0 Å². The van der Waals surface area contributed by atoms with E-state index in [1.807, 2.05) is 0 Å². The number of carbonyl (C=O) groups is 2. The monoisotopic (exact) mass is 451 g/mol. The van der Waals surface area contributed by atoms with Gasteiger partial charge in [-0.25, -0.2) is 13.8 Å². The molecular weight excluding hydrogens is 428 g/mol. The maximum Gasteiger partial charge on any atom is 0.270 e. The third-order valence-corrected chi connectivity index (χ3v) is 5.19. The van der Waals surface area contributed by atoms with Gasteiger partial charge in [-0.05, 0) is 48.7 Å². The fraction of sp³-hybridized carbons (Fsp3) is 0.280. The molecule has 8 heteroatoms. The number of nitrogens with one attached hydrogen (secondary N) is 1. The lowest BCUT2D eigenvalue weighted by Crippen LogP contribution is -2.14. The molecule has 4 rings (SSSR count). The summed E-state index contributed by atoms with van der Waals surface area (Å²) >= 11 is 0. The van der Waals surface area contributed by atoms with Crippen LogP contribution >= 0.6 is 0 Å². The predicted molar refractivity (Wildman–Crippen MR) is 118 cm³/mol. The van der Waals surface area contributed by atoms with Crippen molar-refractivity contribution in [3.8, 4) is 11.5 Å². The second-order valence-electron chi connectivity index (χ2n) is 8.20. The van der Waals surface area contributed by atoms with Crippen molar-refractivity contribution < 1.29 is 23.1 Å². The number of nitrogens with zero attached hydrogens (tertiary/aromatic N) is 2. The molecule has 1 amide bonds. The number of benzene rings is 1. The number of aromatic nitrogens is 2. The molecule has 2 heterocycles. The van der Waals surface area contributed by atoms with Crippen LogP contribution in [0.25, 0.3) is 0 Å². The fourth-order valence-corrected chi connectivity index (χ4v) is 3.27. The average Bonchev–Trinajstić information content (AvgIpc) is 3.61. The molecule has 0 radical (unpaired) electrons. The average molecular weight is 451 g/mol. The van der Waals surface area contributed by atoms with E-state index < -0.39 is 5.92 Å². The first-order valence-corrected chi connectivity index (χ1v) is 10.6. The number of ketones is 1. The molecule has 1 aliphatic carbocycles. The number of Topliss-reactive ketones (excluding diaryl/α,β-unsaturated/α-hetero) is 1. The number of amides is 1. The lowest BCUT2D eigenvalue weighted by atomic mass is 10.0. The summed E-state index contributed by atoms with van der Waals surface area (Å²) in [7, 11) is 0. The molecule has 0 unspecified atom stereocenters. The van der Waals surface area contributed by atoms with E-state index in [0.717, 1.165) is 25.3 Å². The van der Waals surface area contributed by atoms with E-state index in [1.54, 1.807) is 42.6 Å². The zero-order valence-corrected chi connectivity index (χ0v) is 18.1. The second-order valence-corrected chi connectivity index (χ2v) is 8.20. The number of carbonyl (C=O) groups excluding carboxylic acids is 2. The van der Waals surface area contributed by atoms with E-state index in [1.165, 1.54) is 18.3 Å². The molecule has 1 fully saturated rings. The van der Waals surface area contributed by atoms with Crippen molar-refractivity contribution in [2.24, 2.45) is 5.92 Å². The first-order valence-electron chi connectivity index (χ1n) is 10.6. The zero-order valence-electron chi connectivity index (χ0n) is 18.1. The Morgan fingerprint density at radius 1 is 1.00 bits per heavy atom. The van der Waals surface area contributed by atoms with Crippen molar-refractivity contribution in [2.45, 2.75) is 38.5 Å². The summed E-state index contributed by atoms with van der Waals surface area (Å²) in [5, 5.41) is 2.78. The normalized spacial score (nSPS) is 13.4. The largest absolute Gasteiger partial charge is 0.457 e. The van der Waals surface area contributed by atoms with Crippen molar-refractivity contribution in [3.63, 3.8) is 0 Å². The minimum absolute atomic E-state index is 0.0193. The molecule has 1 N–H and O–H groups in total. The Bertz CT molecular complexity index is 1160. The number of hydrogen-bond donors (Lipinski definition) is 1. The van der Waals surface area contributed by atoms with Gasteiger partial charge in [0, 0.05) is 55.4 Å². The van der Waals surface area contributed by atoms with Gasteiger partial charge in [-0.2, -0.15) is 0 Å². The number of anilines is 1. The van der Waals surface area contributed by atoms with Gasteiger partial charge in [0.25, 0.3) is 5.92 Å². The van der Waals surface area contributed by atoms with Crippen LogP contribution in [0, 0.1) is 5.92 Å². The number of ether oxygens (including phenoxy) is 1. The van der Waals surface area contributed by atoms with Crippen LogP contribution in [0.15, 0.2) is 60.9 Å². The number of rotatable bonds is 9. The number of halogens is 2. The minimum atomic E-state index is -2.98. The van der Waals surface area contributed by atoms with Crippen LogP contribution in [0.4, 0.5) is 14.6 Å². The van der Waals surface area contributed by atoms with E-state index in [-0.39, 0.29) is 36.0 Å². The predicted octanol–water partition coefficient (Wildman–Crippen LogP) is 5.08. The summed E-state index contributed by atoms with van der Waals surface area (Å²) in [6, 6.07) is 12.9. The molecule has 1 aromatic carbocycles. The number of alkyl halides is 2. The molecule has 0 spiro atoms. The molecule has 1 aliphatic rings. The Hall–Kier alpha value is -3.68. The van der Waals surface area contributed by atoms with Gasteiger partial charge in [0.15, 0.2) is 0 Å². The smallest absolute Gasteiger partial charge is 0.270 e. The van der Waals surface area contributed by atoms with E-state index in [4.69, 9.17) is 4.74 Å². The van der Waals surface area contributed by atoms with E-state index in [0.29, 0.717) is 23.0 Å². The highest BCUT2D eigenvalue weighted by atomic mass is 19.3. The lowest BCUT2D eigenvalue weighted by molar-refractivity contribution is -0.118. The first kappa shape index (κ1) is 22.5. The lowest BCUT2D eigenvalue weighted by Gasteiger charge is -2.11. The van der Waals surface area contributed by atoms with Gasteiger partial charge in [0.1, 0.15) is 23.1 Å². The van der Waals surface area contributed by atoms with Crippen LogP contribution in [0.3, 0.4) is 0 Å². The van der Waals surface area contributed by atoms with Gasteiger partial charge in [-0.3, -0.25) is 14.6 Å². The van der Waals surface area contributed by atoms with Gasteiger partial charge >= 0.3 is 0 Å². The van der Waals surface area contributed by atoms with Gasteiger partial charge in [-0.1, -0.05) is 12.1 Å². The van der Waals surface area contributed by atoms with Crippen molar-refractivity contribution in [2.75, 3.05) is 5.32 Å². The molecule has 170 valence electrons. The van der Waals surface area contributed by atoms with E-state index in [9.17, 15) is 18.4 Å². The van der Waals surface area contributed by atoms with Crippen molar-refractivity contribution in [1.82, 2.24) is 9.97 Å². The molecular formula is C25H23F2N3O3. The third kappa shape index (κ3) is 6.41. The third-order valence-electron chi connectivity index (χ3n) is 5.19. The van der Waals surface area contributed by atoms with E-state index in [2.05, 4.69) is 15.3 Å². The molecule has 2 aromatic heterocycles. The highest BCUT2D eigenvalue weighted by Gasteiger charge is 2.29. The molecule has 0 atom stereocenters. The van der Waals surface area contributed by atoms with Crippen molar-refractivity contribution in [1.29, 1.82) is 0 Å². The Labute approximate surface area is 190 Å². The topological polar surface area (TPSA) is 81.2 Å². The zero-order chi connectivity index (χ0) is 23.4. The maximum absolute atomic E-state index is 13.5. The fourth-order valence-electron chi connectivity index (χ4n) is 3.27. The van der Waals surface area contributed by atoms with Crippen LogP contribution in [0.5, 0.6) is 11.5 Å². The number of hydrogen-bond acceptors (Lipinski definition) is 5. The Kier molecular flexibility index (Phi) is 6.44. The standard InChI is InChI=1S/C25H23F2N3O3/c1-25(26,27)18-8-10-28-19(13-18)14-20(31)12-16-2-6-21(7-3-16)33-22-9-11-29-23(15-22)30-24(32)17-4-5-17/h2-3,6-11,13,15,17H,4-5,12,14H2,1H3,(H,29,30,32). The molecule has 0 aliphatic heterocycles. The summed E-state index contributed by atoms with van der Waals surface area (Å²) in [5.41, 5.74) is 0.936. The highest BCUT2D eigenvalue weighted by molar-refractivity contribution is 5.93. The van der Waals surface area contributed by atoms with E-state index >= 15 is 0 Å². The van der Waals surface area contributed by atoms with Crippen molar-refractivity contribution >= 4 is 17.5 Å². The summed E-state index contributed by atoms with van der Waals surface area (Å²) < 4.78 is 32.8. The van der Waals surface area contributed by atoms with Crippen LogP contribution < -0.4 is 10.1 Å². The van der Waals surface area contributed by atoms with Crippen LogP contribution in [0.2, 0.25) is 0 Å². The number of pyridine rings is 2. The molecule has 1 saturated carbocycles.